The minimum atomic E-state index is -0.994. The highest BCUT2D eigenvalue weighted by Crippen LogP contribution is 2.38. The molecule has 1 aromatic carbocycles. The molecule has 1 heterocycles. The molecule has 0 saturated carbocycles. The van der Waals surface area contributed by atoms with E-state index in [1.165, 1.54) is 25.6 Å². The number of amides is 1. The summed E-state index contributed by atoms with van der Waals surface area (Å²) in [5.74, 6) is -0.393. The molecule has 0 fully saturated rings. The molecule has 26 heavy (non-hydrogen) atoms. The van der Waals surface area contributed by atoms with Gasteiger partial charge in [0.25, 0.3) is 5.91 Å². The third kappa shape index (κ3) is 3.53. The number of benzene rings is 1. The van der Waals surface area contributed by atoms with Crippen molar-refractivity contribution in [2.24, 2.45) is 0 Å². The van der Waals surface area contributed by atoms with Crippen LogP contribution < -0.4 is 14.8 Å². The number of nitrogens with one attached hydrogen (secondary N) is 1. The molecule has 0 unspecified atom stereocenters. The van der Waals surface area contributed by atoms with Gasteiger partial charge >= 0.3 is 5.97 Å². The standard InChI is InChI=1S/C19H21NO5S/c1-24-13-9-8-11(10-14(13)25-2)17(21)20-18-16(19(22)23)12-6-4-3-5-7-15(12)26-18/h8-10H,3-7H2,1-2H3,(H,20,21)(H,22,23). The Morgan fingerprint density at radius 1 is 1.08 bits per heavy atom. The Balaban J connectivity index is 1.91. The molecule has 2 N–H and O–H groups in total. The number of thiophene rings is 1. The number of methoxy groups -OCH3 is 2. The fourth-order valence-electron chi connectivity index (χ4n) is 3.21. The Hall–Kier alpha value is -2.54. The monoisotopic (exact) mass is 375 g/mol. The van der Waals surface area contributed by atoms with E-state index in [4.69, 9.17) is 9.47 Å². The van der Waals surface area contributed by atoms with Crippen LogP contribution in [0.4, 0.5) is 5.00 Å². The summed E-state index contributed by atoms with van der Waals surface area (Å²) in [5, 5.41) is 12.8. The van der Waals surface area contributed by atoms with Gasteiger partial charge < -0.3 is 19.9 Å². The summed E-state index contributed by atoms with van der Waals surface area (Å²) >= 11 is 1.38. The fourth-order valence-corrected chi connectivity index (χ4v) is 4.49. The Morgan fingerprint density at radius 3 is 2.50 bits per heavy atom. The number of hydrogen-bond donors (Lipinski definition) is 2. The van der Waals surface area contributed by atoms with E-state index in [2.05, 4.69) is 5.32 Å². The second kappa shape index (κ2) is 7.78. The Kier molecular flexibility index (Phi) is 5.46. The third-order valence-corrected chi connectivity index (χ3v) is 5.72. The van der Waals surface area contributed by atoms with Gasteiger partial charge in [0.05, 0.1) is 19.8 Å². The van der Waals surface area contributed by atoms with Crippen LogP contribution in [0.5, 0.6) is 11.5 Å². The summed E-state index contributed by atoms with van der Waals surface area (Å²) in [5.41, 5.74) is 1.49. The number of aryl methyl sites for hydroxylation is 1. The van der Waals surface area contributed by atoms with Gasteiger partial charge in [0, 0.05) is 10.4 Å². The van der Waals surface area contributed by atoms with E-state index < -0.39 is 5.97 Å². The van der Waals surface area contributed by atoms with Gasteiger partial charge in [0.1, 0.15) is 5.00 Å². The predicted octanol–water partition coefficient (Wildman–Crippen LogP) is 3.98. The van der Waals surface area contributed by atoms with Crippen LogP contribution in [0.1, 0.15) is 50.4 Å². The summed E-state index contributed by atoms with van der Waals surface area (Å²) in [4.78, 5) is 25.5. The largest absolute Gasteiger partial charge is 0.493 e. The number of carboxylic acid groups (broad SMARTS) is 1. The van der Waals surface area contributed by atoms with Crippen molar-refractivity contribution in [1.29, 1.82) is 0 Å². The molecule has 0 atom stereocenters. The first-order valence-electron chi connectivity index (χ1n) is 8.46. The molecular weight excluding hydrogens is 354 g/mol. The van der Waals surface area contributed by atoms with Gasteiger partial charge in [-0.1, -0.05) is 6.42 Å². The maximum atomic E-state index is 12.6. The Bertz CT molecular complexity index is 843. The first kappa shape index (κ1) is 18.3. The lowest BCUT2D eigenvalue weighted by Crippen LogP contribution is -2.14. The minimum absolute atomic E-state index is 0.237. The zero-order valence-corrected chi connectivity index (χ0v) is 15.6. The number of fused-ring (bicyclic) bond motifs is 1. The highest BCUT2D eigenvalue weighted by Gasteiger charge is 2.25. The van der Waals surface area contributed by atoms with Crippen LogP contribution in [0.2, 0.25) is 0 Å². The zero-order valence-electron chi connectivity index (χ0n) is 14.8. The topological polar surface area (TPSA) is 84.9 Å². The van der Waals surface area contributed by atoms with Crippen molar-refractivity contribution in [3.63, 3.8) is 0 Å². The Labute approximate surface area is 155 Å². The van der Waals surface area contributed by atoms with Gasteiger partial charge in [0.15, 0.2) is 11.5 Å². The van der Waals surface area contributed by atoms with Gasteiger partial charge in [-0.25, -0.2) is 4.79 Å². The molecule has 1 aliphatic rings. The molecule has 0 bridgehead atoms. The molecule has 7 heteroatoms. The molecular formula is C19H21NO5S. The Morgan fingerprint density at radius 2 is 1.81 bits per heavy atom. The lowest BCUT2D eigenvalue weighted by atomic mass is 10.1. The van der Waals surface area contributed by atoms with E-state index in [0.717, 1.165) is 42.5 Å². The van der Waals surface area contributed by atoms with E-state index in [1.807, 2.05) is 0 Å². The van der Waals surface area contributed by atoms with Crippen molar-refractivity contribution in [3.05, 3.63) is 39.8 Å². The van der Waals surface area contributed by atoms with Crippen molar-refractivity contribution in [2.75, 3.05) is 19.5 Å². The van der Waals surface area contributed by atoms with Gasteiger partial charge in [-0.15, -0.1) is 11.3 Å². The number of aromatic carboxylic acids is 1. The molecule has 2 aromatic rings. The van der Waals surface area contributed by atoms with Crippen molar-refractivity contribution in [2.45, 2.75) is 32.1 Å². The average Bonchev–Trinajstić information content (AvgIpc) is 2.81. The lowest BCUT2D eigenvalue weighted by Gasteiger charge is -2.10. The molecule has 0 spiro atoms. The normalized spacial score (nSPS) is 13.5. The van der Waals surface area contributed by atoms with Gasteiger partial charge in [-0.3, -0.25) is 4.79 Å². The average molecular weight is 375 g/mol. The second-order valence-corrected chi connectivity index (χ2v) is 7.20. The maximum Gasteiger partial charge on any atom is 0.339 e. The first-order chi connectivity index (χ1) is 12.5. The smallest absolute Gasteiger partial charge is 0.339 e. The van der Waals surface area contributed by atoms with Crippen LogP contribution in [0, 0.1) is 0 Å². The van der Waals surface area contributed by atoms with Crippen molar-refractivity contribution < 1.29 is 24.2 Å². The summed E-state index contributed by atoms with van der Waals surface area (Å²) < 4.78 is 10.4. The second-order valence-electron chi connectivity index (χ2n) is 6.10. The fraction of sp³-hybridized carbons (Fsp3) is 0.368. The summed E-state index contributed by atoms with van der Waals surface area (Å²) in [6.07, 6.45) is 4.75. The van der Waals surface area contributed by atoms with Crippen LogP contribution >= 0.6 is 11.3 Å². The quantitative estimate of drug-likeness (QED) is 0.772. The van der Waals surface area contributed by atoms with Crippen LogP contribution in [-0.4, -0.2) is 31.2 Å². The van der Waals surface area contributed by atoms with Crippen LogP contribution in [0.3, 0.4) is 0 Å². The van der Waals surface area contributed by atoms with E-state index >= 15 is 0 Å². The zero-order chi connectivity index (χ0) is 18.7. The molecule has 1 aliphatic carbocycles. The molecule has 0 radical (unpaired) electrons. The maximum absolute atomic E-state index is 12.6. The molecule has 3 rings (SSSR count). The number of carboxylic acids is 1. The summed E-state index contributed by atoms with van der Waals surface area (Å²) in [6.45, 7) is 0. The molecule has 1 amide bonds. The number of carbonyl (C=O) groups is 2. The van der Waals surface area contributed by atoms with Gasteiger partial charge in [0.2, 0.25) is 0 Å². The third-order valence-electron chi connectivity index (χ3n) is 4.51. The summed E-state index contributed by atoms with van der Waals surface area (Å²) in [6, 6.07) is 4.85. The van der Waals surface area contributed by atoms with E-state index in [0.29, 0.717) is 22.1 Å². The van der Waals surface area contributed by atoms with E-state index in [9.17, 15) is 14.7 Å². The number of anilines is 1. The van der Waals surface area contributed by atoms with Crippen LogP contribution in [0.25, 0.3) is 0 Å². The van der Waals surface area contributed by atoms with Crippen LogP contribution in [-0.2, 0) is 12.8 Å². The minimum Gasteiger partial charge on any atom is -0.493 e. The molecule has 138 valence electrons. The number of carbonyl (C=O) groups excluding carboxylic acids is 1. The number of hydrogen-bond acceptors (Lipinski definition) is 5. The predicted molar refractivity (Wildman–Crippen MR) is 100 cm³/mol. The molecule has 1 aromatic heterocycles. The first-order valence-corrected chi connectivity index (χ1v) is 9.28. The highest BCUT2D eigenvalue weighted by atomic mass is 32.1. The van der Waals surface area contributed by atoms with Crippen molar-refractivity contribution in [1.82, 2.24) is 0 Å². The van der Waals surface area contributed by atoms with Gasteiger partial charge in [-0.2, -0.15) is 0 Å². The van der Waals surface area contributed by atoms with Crippen molar-refractivity contribution in [3.8, 4) is 11.5 Å². The summed E-state index contributed by atoms with van der Waals surface area (Å²) in [7, 11) is 3.02. The lowest BCUT2D eigenvalue weighted by molar-refractivity contribution is 0.0697. The van der Waals surface area contributed by atoms with E-state index in [1.54, 1.807) is 18.2 Å². The highest BCUT2D eigenvalue weighted by molar-refractivity contribution is 7.17. The SMILES string of the molecule is COc1ccc(C(=O)Nc2sc3c(c2C(=O)O)CCCCC3)cc1OC. The number of rotatable bonds is 5. The number of ether oxygens (including phenoxy) is 2. The molecule has 0 saturated heterocycles. The van der Waals surface area contributed by atoms with Crippen molar-refractivity contribution >= 4 is 28.2 Å². The van der Waals surface area contributed by atoms with Crippen LogP contribution in [0.15, 0.2) is 18.2 Å². The van der Waals surface area contributed by atoms with E-state index in [-0.39, 0.29) is 11.5 Å². The molecule has 6 nitrogen and oxygen atoms in total. The molecule has 0 aliphatic heterocycles. The van der Waals surface area contributed by atoms with Gasteiger partial charge in [-0.05, 0) is 49.4 Å².